The number of nitrogens with two attached hydrogens (primary N) is 1. The first-order valence-electron chi connectivity index (χ1n) is 4.64. The Morgan fingerprint density at radius 2 is 2.14 bits per heavy atom. The highest BCUT2D eigenvalue weighted by atomic mass is 19.1. The van der Waals surface area contributed by atoms with Gasteiger partial charge in [0.15, 0.2) is 0 Å². The Kier molecular flexibility index (Phi) is 5.45. The second-order valence-electron chi connectivity index (χ2n) is 4.06. The molecule has 1 unspecified atom stereocenters. The van der Waals surface area contributed by atoms with E-state index in [0.717, 1.165) is 0 Å². The lowest BCUT2D eigenvalue weighted by molar-refractivity contribution is 0.0502. The Balaban J connectivity index is 3.91. The van der Waals surface area contributed by atoms with Crippen LogP contribution in [0.15, 0.2) is 0 Å². The van der Waals surface area contributed by atoms with Gasteiger partial charge in [-0.1, -0.05) is 0 Å². The van der Waals surface area contributed by atoms with E-state index in [1.165, 1.54) is 0 Å². The van der Waals surface area contributed by atoms with Crippen molar-refractivity contribution >= 4 is 6.09 Å². The van der Waals surface area contributed by atoms with Gasteiger partial charge in [-0.3, -0.25) is 4.39 Å². The normalized spacial score (nSPS) is 13.5. The maximum atomic E-state index is 12.0. The van der Waals surface area contributed by atoms with E-state index < -0.39 is 18.4 Å². The van der Waals surface area contributed by atoms with Gasteiger partial charge in [-0.25, -0.2) is 4.79 Å². The molecule has 0 bridgehead atoms. The van der Waals surface area contributed by atoms with E-state index in [0.29, 0.717) is 0 Å². The fourth-order valence-electron chi connectivity index (χ4n) is 0.855. The van der Waals surface area contributed by atoms with Crippen molar-refractivity contribution in [3.63, 3.8) is 0 Å². The minimum absolute atomic E-state index is 0.211. The Labute approximate surface area is 84.0 Å². The summed E-state index contributed by atoms with van der Waals surface area (Å²) in [4.78, 5) is 11.2. The van der Waals surface area contributed by atoms with E-state index in [2.05, 4.69) is 5.32 Å². The second-order valence-corrected chi connectivity index (χ2v) is 4.06. The summed E-state index contributed by atoms with van der Waals surface area (Å²) in [6.45, 7) is 5.00. The lowest BCUT2D eigenvalue weighted by atomic mass is 10.2. The number of halogens is 1. The molecule has 0 radical (unpaired) electrons. The summed E-state index contributed by atoms with van der Waals surface area (Å²) in [5.41, 5.74) is 4.79. The molecule has 5 heteroatoms. The number of hydrogen-bond donors (Lipinski definition) is 2. The first-order chi connectivity index (χ1) is 6.39. The molecule has 0 saturated heterocycles. The zero-order valence-corrected chi connectivity index (χ0v) is 8.97. The highest BCUT2D eigenvalue weighted by molar-refractivity contribution is 5.68. The van der Waals surface area contributed by atoms with E-state index in [9.17, 15) is 9.18 Å². The van der Waals surface area contributed by atoms with Crippen LogP contribution in [0.5, 0.6) is 0 Å². The number of carbonyl (C=O) groups is 1. The van der Waals surface area contributed by atoms with Crippen LogP contribution in [0.2, 0.25) is 0 Å². The molecule has 0 aromatic rings. The van der Waals surface area contributed by atoms with Crippen LogP contribution in [0, 0.1) is 0 Å². The molecule has 84 valence electrons. The molecule has 3 N–H and O–H groups in total. The van der Waals surface area contributed by atoms with Crippen LogP contribution in [0.1, 0.15) is 27.2 Å². The van der Waals surface area contributed by atoms with Crippen LogP contribution in [-0.2, 0) is 4.74 Å². The quantitative estimate of drug-likeness (QED) is 0.726. The zero-order valence-electron chi connectivity index (χ0n) is 8.97. The fourth-order valence-corrected chi connectivity index (χ4v) is 0.855. The average Bonchev–Trinajstić information content (AvgIpc) is 2.00. The van der Waals surface area contributed by atoms with Crippen LogP contribution in [0.3, 0.4) is 0 Å². The van der Waals surface area contributed by atoms with Gasteiger partial charge in [0.2, 0.25) is 0 Å². The fraction of sp³-hybridized carbons (Fsp3) is 0.889. The van der Waals surface area contributed by atoms with Crippen LogP contribution >= 0.6 is 0 Å². The molecular weight excluding hydrogens is 187 g/mol. The average molecular weight is 206 g/mol. The summed E-state index contributed by atoms with van der Waals surface area (Å²) < 4.78 is 17.0. The standard InChI is InChI=1S/C9H19FN2O2/c1-9(2,3)14-8(13)12-7(6-11)4-5-10/h7H,4-6,11H2,1-3H3,(H,12,13). The van der Waals surface area contributed by atoms with Gasteiger partial charge in [0.25, 0.3) is 0 Å². The van der Waals surface area contributed by atoms with Crippen molar-refractivity contribution in [2.24, 2.45) is 5.73 Å². The van der Waals surface area contributed by atoms with Gasteiger partial charge in [-0.2, -0.15) is 0 Å². The molecule has 0 heterocycles. The molecule has 1 atom stereocenters. The van der Waals surface area contributed by atoms with Crippen molar-refractivity contribution in [2.75, 3.05) is 13.2 Å². The topological polar surface area (TPSA) is 64.3 Å². The van der Waals surface area contributed by atoms with Gasteiger partial charge in [0.1, 0.15) is 5.60 Å². The van der Waals surface area contributed by atoms with Crippen molar-refractivity contribution in [2.45, 2.75) is 38.8 Å². The van der Waals surface area contributed by atoms with Crippen LogP contribution in [0.25, 0.3) is 0 Å². The molecule has 1 amide bonds. The minimum atomic E-state index is -0.554. The molecule has 0 aromatic carbocycles. The Morgan fingerprint density at radius 1 is 1.57 bits per heavy atom. The number of amides is 1. The summed E-state index contributed by atoms with van der Waals surface area (Å²) in [7, 11) is 0. The van der Waals surface area contributed by atoms with Crippen molar-refractivity contribution in [1.29, 1.82) is 0 Å². The van der Waals surface area contributed by atoms with E-state index >= 15 is 0 Å². The number of rotatable bonds is 4. The monoisotopic (exact) mass is 206 g/mol. The Hall–Kier alpha value is -0.840. The third kappa shape index (κ3) is 6.65. The van der Waals surface area contributed by atoms with E-state index in [4.69, 9.17) is 10.5 Å². The lowest BCUT2D eigenvalue weighted by Gasteiger charge is -2.22. The molecule has 0 rings (SSSR count). The van der Waals surface area contributed by atoms with Crippen molar-refractivity contribution < 1.29 is 13.9 Å². The van der Waals surface area contributed by atoms with Crippen molar-refractivity contribution in [3.8, 4) is 0 Å². The van der Waals surface area contributed by atoms with Gasteiger partial charge >= 0.3 is 6.09 Å². The number of nitrogens with one attached hydrogen (secondary N) is 1. The Bertz CT molecular complexity index is 180. The number of carbonyl (C=O) groups excluding carboxylic acids is 1. The number of alkyl halides is 1. The van der Waals surface area contributed by atoms with Crippen molar-refractivity contribution in [1.82, 2.24) is 5.32 Å². The third-order valence-corrected chi connectivity index (χ3v) is 1.46. The molecule has 0 aromatic heterocycles. The zero-order chi connectivity index (χ0) is 11.2. The molecule has 0 aliphatic carbocycles. The van der Waals surface area contributed by atoms with Crippen molar-refractivity contribution in [3.05, 3.63) is 0 Å². The maximum absolute atomic E-state index is 12.0. The van der Waals surface area contributed by atoms with E-state index in [-0.39, 0.29) is 19.0 Å². The SMILES string of the molecule is CC(C)(C)OC(=O)NC(CN)CCF. The first-order valence-corrected chi connectivity index (χ1v) is 4.64. The number of alkyl carbamates (subject to hydrolysis) is 1. The largest absolute Gasteiger partial charge is 0.444 e. The van der Waals surface area contributed by atoms with Crippen LogP contribution in [-0.4, -0.2) is 31.0 Å². The summed E-state index contributed by atoms with van der Waals surface area (Å²) in [6, 6.07) is -0.352. The molecule has 0 spiro atoms. The van der Waals surface area contributed by atoms with E-state index in [1.807, 2.05) is 0 Å². The predicted molar refractivity (Wildman–Crippen MR) is 52.8 cm³/mol. The summed E-state index contributed by atoms with van der Waals surface area (Å²) in [5, 5.41) is 2.50. The molecule has 0 aliphatic rings. The number of hydrogen-bond acceptors (Lipinski definition) is 3. The van der Waals surface area contributed by atoms with Crippen LogP contribution < -0.4 is 11.1 Å². The minimum Gasteiger partial charge on any atom is -0.444 e. The van der Waals surface area contributed by atoms with Gasteiger partial charge < -0.3 is 15.8 Å². The molecule has 0 aliphatic heterocycles. The van der Waals surface area contributed by atoms with Gasteiger partial charge in [-0.05, 0) is 27.2 Å². The third-order valence-electron chi connectivity index (χ3n) is 1.46. The van der Waals surface area contributed by atoms with Gasteiger partial charge in [0.05, 0.1) is 6.67 Å². The smallest absolute Gasteiger partial charge is 0.407 e. The molecular formula is C9H19FN2O2. The predicted octanol–water partition coefficient (Wildman–Crippen LogP) is 1.20. The summed E-state index contributed by atoms with van der Waals surface area (Å²) in [5.74, 6) is 0. The lowest BCUT2D eigenvalue weighted by Crippen LogP contribution is -2.43. The highest BCUT2D eigenvalue weighted by Gasteiger charge is 2.18. The van der Waals surface area contributed by atoms with Gasteiger partial charge in [-0.15, -0.1) is 0 Å². The highest BCUT2D eigenvalue weighted by Crippen LogP contribution is 2.06. The molecule has 4 nitrogen and oxygen atoms in total. The van der Waals surface area contributed by atoms with Gasteiger partial charge in [0, 0.05) is 12.6 Å². The van der Waals surface area contributed by atoms with E-state index in [1.54, 1.807) is 20.8 Å². The maximum Gasteiger partial charge on any atom is 0.407 e. The Morgan fingerprint density at radius 3 is 2.50 bits per heavy atom. The molecule has 0 saturated carbocycles. The summed E-state index contributed by atoms with van der Waals surface area (Å²) >= 11 is 0. The molecule has 14 heavy (non-hydrogen) atoms. The second kappa shape index (κ2) is 5.80. The van der Waals surface area contributed by atoms with Crippen LogP contribution in [0.4, 0.5) is 9.18 Å². The summed E-state index contributed by atoms with van der Waals surface area (Å²) in [6.07, 6.45) is -0.336. The molecule has 0 fully saturated rings. The number of ether oxygens (including phenoxy) is 1. The first kappa shape index (κ1) is 13.2.